The van der Waals surface area contributed by atoms with Crippen molar-refractivity contribution in [3.63, 3.8) is 0 Å². The molecule has 1 aliphatic heterocycles. The quantitative estimate of drug-likeness (QED) is 0.903. The van der Waals surface area contributed by atoms with E-state index in [2.05, 4.69) is 5.32 Å². The summed E-state index contributed by atoms with van der Waals surface area (Å²) in [5.74, 6) is 0.386. The maximum atomic E-state index is 12.4. The van der Waals surface area contributed by atoms with Crippen LogP contribution in [0.25, 0.3) is 0 Å². The number of benzene rings is 1. The summed E-state index contributed by atoms with van der Waals surface area (Å²) in [5.41, 5.74) is 0.916. The predicted molar refractivity (Wildman–Crippen MR) is 77.4 cm³/mol. The highest BCUT2D eigenvalue weighted by Crippen LogP contribution is 2.30. The van der Waals surface area contributed by atoms with Crippen LogP contribution in [0.15, 0.2) is 30.3 Å². The molecule has 0 aromatic heterocycles. The molecule has 112 valence electrons. The Kier molecular flexibility index (Phi) is 3.92. The lowest BCUT2D eigenvalue weighted by atomic mass is 9.97. The van der Waals surface area contributed by atoms with E-state index in [1.54, 1.807) is 11.9 Å². The van der Waals surface area contributed by atoms with Crippen LogP contribution in [0.4, 0.5) is 0 Å². The minimum absolute atomic E-state index is 0.0403. The summed E-state index contributed by atoms with van der Waals surface area (Å²) >= 11 is 0. The summed E-state index contributed by atoms with van der Waals surface area (Å²) in [6.45, 7) is 0.666. The molecule has 2 unspecified atom stereocenters. The maximum Gasteiger partial charge on any atom is 0.251 e. The number of nitrogens with zero attached hydrogens (tertiary/aromatic N) is 1. The van der Waals surface area contributed by atoms with Crippen LogP contribution in [0.5, 0.6) is 0 Å². The number of ether oxygens (including phenoxy) is 1. The molecule has 1 saturated carbocycles. The van der Waals surface area contributed by atoms with Crippen molar-refractivity contribution in [2.75, 3.05) is 20.2 Å². The Morgan fingerprint density at radius 3 is 2.71 bits per heavy atom. The largest absolute Gasteiger partial charge is 0.356 e. The van der Waals surface area contributed by atoms with Gasteiger partial charge in [0.15, 0.2) is 6.10 Å². The van der Waals surface area contributed by atoms with Crippen molar-refractivity contribution in [3.05, 3.63) is 35.9 Å². The van der Waals surface area contributed by atoms with Gasteiger partial charge in [0.2, 0.25) is 5.91 Å². The number of likely N-dealkylation sites (N-methyl/N-ethyl adjacent to an activating group) is 1. The number of hydrogen-bond donors (Lipinski definition) is 1. The number of morpholine rings is 1. The summed E-state index contributed by atoms with van der Waals surface area (Å²) in [7, 11) is 1.73. The van der Waals surface area contributed by atoms with E-state index in [9.17, 15) is 9.59 Å². The van der Waals surface area contributed by atoms with Crippen LogP contribution >= 0.6 is 0 Å². The number of amides is 2. The van der Waals surface area contributed by atoms with E-state index < -0.39 is 6.10 Å². The van der Waals surface area contributed by atoms with Crippen LogP contribution in [0, 0.1) is 5.92 Å². The molecule has 3 rings (SSSR count). The third-order valence-electron chi connectivity index (χ3n) is 4.15. The van der Waals surface area contributed by atoms with Gasteiger partial charge in [-0.1, -0.05) is 30.3 Å². The third-order valence-corrected chi connectivity index (χ3v) is 4.15. The second-order valence-corrected chi connectivity index (χ2v) is 5.78. The molecule has 2 atom stereocenters. The first-order valence-corrected chi connectivity index (χ1v) is 7.36. The minimum Gasteiger partial charge on any atom is -0.356 e. The number of carbonyl (C=O) groups is 2. The Balaban J connectivity index is 1.78. The molecule has 1 aromatic carbocycles. The number of carbonyl (C=O) groups excluding carboxylic acids is 2. The smallest absolute Gasteiger partial charge is 0.251 e. The van der Waals surface area contributed by atoms with E-state index in [1.807, 2.05) is 30.3 Å². The molecular weight excluding hydrogens is 268 g/mol. The molecule has 0 spiro atoms. The van der Waals surface area contributed by atoms with Crippen LogP contribution in [-0.2, 0) is 14.3 Å². The SMILES string of the molecule is CN1C(=O)COC(C(=O)NCC2CC2)C1c1ccccc1. The van der Waals surface area contributed by atoms with Crippen LogP contribution in [0.1, 0.15) is 24.4 Å². The lowest BCUT2D eigenvalue weighted by Crippen LogP contribution is -2.53. The molecule has 21 heavy (non-hydrogen) atoms. The zero-order chi connectivity index (χ0) is 14.8. The topological polar surface area (TPSA) is 58.6 Å². The zero-order valence-corrected chi connectivity index (χ0v) is 12.1. The molecule has 2 amide bonds. The Bertz CT molecular complexity index is 528. The van der Waals surface area contributed by atoms with Crippen molar-refractivity contribution in [3.8, 4) is 0 Å². The normalized spacial score (nSPS) is 25.8. The van der Waals surface area contributed by atoms with Gasteiger partial charge < -0.3 is 15.0 Å². The maximum absolute atomic E-state index is 12.4. The summed E-state index contributed by atoms with van der Waals surface area (Å²) < 4.78 is 5.54. The molecule has 1 N–H and O–H groups in total. The predicted octanol–water partition coefficient (Wildman–Crippen LogP) is 1.11. The van der Waals surface area contributed by atoms with Crippen LogP contribution < -0.4 is 5.32 Å². The first kappa shape index (κ1) is 14.1. The van der Waals surface area contributed by atoms with E-state index >= 15 is 0 Å². The molecule has 1 saturated heterocycles. The average Bonchev–Trinajstić information content (AvgIpc) is 3.32. The van der Waals surface area contributed by atoms with Gasteiger partial charge in [-0.3, -0.25) is 9.59 Å². The van der Waals surface area contributed by atoms with E-state index in [0.717, 1.165) is 5.56 Å². The van der Waals surface area contributed by atoms with Crippen molar-refractivity contribution in [1.82, 2.24) is 10.2 Å². The fraction of sp³-hybridized carbons (Fsp3) is 0.500. The molecule has 1 aromatic rings. The summed E-state index contributed by atoms with van der Waals surface area (Å²) in [6, 6.07) is 9.20. The van der Waals surface area contributed by atoms with Crippen molar-refractivity contribution >= 4 is 11.8 Å². The van der Waals surface area contributed by atoms with Gasteiger partial charge in [0.1, 0.15) is 6.61 Å². The average molecular weight is 288 g/mol. The van der Waals surface area contributed by atoms with Gasteiger partial charge >= 0.3 is 0 Å². The molecule has 0 radical (unpaired) electrons. The Morgan fingerprint density at radius 2 is 2.05 bits per heavy atom. The van der Waals surface area contributed by atoms with Gasteiger partial charge in [-0.25, -0.2) is 0 Å². The molecule has 5 nitrogen and oxygen atoms in total. The van der Waals surface area contributed by atoms with Crippen molar-refractivity contribution in [2.45, 2.75) is 25.0 Å². The molecule has 1 heterocycles. The van der Waals surface area contributed by atoms with Crippen molar-refractivity contribution < 1.29 is 14.3 Å². The van der Waals surface area contributed by atoms with Gasteiger partial charge in [-0.2, -0.15) is 0 Å². The number of nitrogens with one attached hydrogen (secondary N) is 1. The highest BCUT2D eigenvalue weighted by molar-refractivity contribution is 5.86. The Labute approximate surface area is 124 Å². The van der Waals surface area contributed by atoms with Gasteiger partial charge in [0.25, 0.3) is 5.91 Å². The number of hydrogen-bond acceptors (Lipinski definition) is 3. The molecule has 2 aliphatic rings. The highest BCUT2D eigenvalue weighted by Gasteiger charge is 2.40. The fourth-order valence-corrected chi connectivity index (χ4v) is 2.65. The molecule has 0 bridgehead atoms. The molecule has 1 aliphatic carbocycles. The Hall–Kier alpha value is -1.88. The molecule has 5 heteroatoms. The second-order valence-electron chi connectivity index (χ2n) is 5.78. The highest BCUT2D eigenvalue weighted by atomic mass is 16.5. The number of rotatable bonds is 4. The summed E-state index contributed by atoms with van der Waals surface area (Å²) in [4.78, 5) is 25.9. The fourth-order valence-electron chi connectivity index (χ4n) is 2.65. The van der Waals surface area contributed by atoms with Crippen LogP contribution in [0.2, 0.25) is 0 Å². The van der Waals surface area contributed by atoms with Gasteiger partial charge in [0.05, 0.1) is 6.04 Å². The Morgan fingerprint density at radius 1 is 1.33 bits per heavy atom. The third kappa shape index (κ3) is 3.08. The van der Waals surface area contributed by atoms with Gasteiger partial charge in [-0.05, 0) is 24.3 Å². The first-order valence-electron chi connectivity index (χ1n) is 7.36. The van der Waals surface area contributed by atoms with E-state index in [4.69, 9.17) is 4.74 Å². The standard InChI is InChI=1S/C16H20N2O3/c1-18-13(19)10-21-15(16(20)17-9-11-7-8-11)14(18)12-5-3-2-4-6-12/h2-6,11,14-15H,7-10H2,1H3,(H,17,20). The van der Waals surface area contributed by atoms with E-state index in [-0.39, 0.29) is 24.5 Å². The molecular formula is C16H20N2O3. The minimum atomic E-state index is -0.645. The van der Waals surface area contributed by atoms with Crippen LogP contribution in [-0.4, -0.2) is 43.0 Å². The van der Waals surface area contributed by atoms with Crippen molar-refractivity contribution in [1.29, 1.82) is 0 Å². The monoisotopic (exact) mass is 288 g/mol. The molecule has 2 fully saturated rings. The van der Waals surface area contributed by atoms with E-state index in [0.29, 0.717) is 12.5 Å². The zero-order valence-electron chi connectivity index (χ0n) is 12.1. The summed E-state index contributed by atoms with van der Waals surface area (Å²) in [6.07, 6.45) is 1.73. The lowest BCUT2D eigenvalue weighted by molar-refractivity contribution is -0.162. The first-order chi connectivity index (χ1) is 10.2. The van der Waals surface area contributed by atoms with E-state index in [1.165, 1.54) is 12.8 Å². The lowest BCUT2D eigenvalue weighted by Gasteiger charge is -2.38. The summed E-state index contributed by atoms with van der Waals surface area (Å²) in [5, 5.41) is 2.95. The van der Waals surface area contributed by atoms with Crippen molar-refractivity contribution in [2.24, 2.45) is 5.92 Å². The van der Waals surface area contributed by atoms with Gasteiger partial charge in [0, 0.05) is 13.6 Å². The second kappa shape index (κ2) is 5.85. The van der Waals surface area contributed by atoms with Crippen LogP contribution in [0.3, 0.4) is 0 Å². The van der Waals surface area contributed by atoms with Gasteiger partial charge in [-0.15, -0.1) is 0 Å².